The van der Waals surface area contributed by atoms with Crippen molar-refractivity contribution >= 4 is 39.1 Å². The predicted molar refractivity (Wildman–Crippen MR) is 101 cm³/mol. The van der Waals surface area contributed by atoms with Gasteiger partial charge < -0.3 is 9.30 Å². The van der Waals surface area contributed by atoms with Crippen LogP contribution in [0, 0.1) is 0 Å². The number of aromatic nitrogens is 1. The van der Waals surface area contributed by atoms with Gasteiger partial charge in [0.15, 0.2) is 5.60 Å². The van der Waals surface area contributed by atoms with Gasteiger partial charge in [-0.25, -0.2) is 5.43 Å². The van der Waals surface area contributed by atoms with Crippen LogP contribution in [0.2, 0.25) is 5.02 Å². The second kappa shape index (κ2) is 6.90. The minimum absolute atomic E-state index is 0.333. The number of fused-ring (bicyclic) bond motifs is 1. The number of carbonyl (C=O) groups excluding carboxylic acids is 1. The number of nitrogens with one attached hydrogen (secondary N) is 1. The van der Waals surface area contributed by atoms with E-state index in [-0.39, 0.29) is 5.91 Å². The van der Waals surface area contributed by atoms with E-state index in [1.165, 1.54) is 11.3 Å². The zero-order chi connectivity index (χ0) is 18.0. The lowest BCUT2D eigenvalue weighted by Crippen LogP contribution is -2.45. The van der Waals surface area contributed by atoms with Crippen molar-refractivity contribution in [2.24, 2.45) is 12.1 Å². The number of halogens is 1. The molecule has 2 aromatic carbocycles. The third kappa shape index (κ3) is 3.86. The fraction of sp³-hybridized carbons (Fsp3) is 0.222. The molecule has 0 aliphatic rings. The second-order valence-electron chi connectivity index (χ2n) is 6.03. The van der Waals surface area contributed by atoms with E-state index in [2.05, 4.69) is 10.5 Å². The average molecular weight is 376 g/mol. The summed E-state index contributed by atoms with van der Waals surface area (Å²) in [6, 6.07) is 14.9. The van der Waals surface area contributed by atoms with Crippen molar-refractivity contribution < 1.29 is 9.53 Å². The molecule has 0 aliphatic heterocycles. The SMILES string of the molecule is Cn1/c(=N\NC(=O)C(C)(C)Oc2ccc(Cl)cc2)sc2ccccc21. The Morgan fingerprint density at radius 1 is 1.20 bits per heavy atom. The van der Waals surface area contributed by atoms with Crippen LogP contribution < -0.4 is 15.0 Å². The molecule has 0 aliphatic carbocycles. The summed E-state index contributed by atoms with van der Waals surface area (Å²) >= 11 is 7.37. The van der Waals surface area contributed by atoms with Crippen molar-refractivity contribution in [1.29, 1.82) is 0 Å². The Hall–Kier alpha value is -2.31. The van der Waals surface area contributed by atoms with Gasteiger partial charge in [-0.05, 0) is 50.2 Å². The van der Waals surface area contributed by atoms with Crippen LogP contribution in [0.25, 0.3) is 10.2 Å². The number of carbonyl (C=O) groups is 1. The average Bonchev–Trinajstić information content (AvgIpc) is 2.91. The molecule has 3 aromatic rings. The van der Waals surface area contributed by atoms with E-state index in [0.29, 0.717) is 15.6 Å². The standard InChI is InChI=1S/C18H18ClN3O2S/c1-18(2,24-13-10-8-12(19)9-11-13)16(23)20-21-17-22(3)14-6-4-5-7-15(14)25-17/h4-11H,1-3H3,(H,20,23)/b21-17+. The molecule has 0 atom stereocenters. The Labute approximate surface area is 154 Å². The van der Waals surface area contributed by atoms with Gasteiger partial charge in [-0.3, -0.25) is 4.79 Å². The molecule has 0 fully saturated rings. The lowest BCUT2D eigenvalue weighted by molar-refractivity contribution is -0.134. The molecule has 1 heterocycles. The molecule has 3 rings (SSSR count). The molecule has 1 N–H and O–H groups in total. The highest BCUT2D eigenvalue weighted by molar-refractivity contribution is 7.16. The van der Waals surface area contributed by atoms with E-state index in [0.717, 1.165) is 10.2 Å². The topological polar surface area (TPSA) is 55.6 Å². The summed E-state index contributed by atoms with van der Waals surface area (Å²) in [4.78, 5) is 13.2. The van der Waals surface area contributed by atoms with Gasteiger partial charge in [0.2, 0.25) is 4.80 Å². The Balaban J connectivity index is 1.78. The van der Waals surface area contributed by atoms with E-state index in [9.17, 15) is 4.79 Å². The molecular formula is C18H18ClN3O2S. The highest BCUT2D eigenvalue weighted by atomic mass is 35.5. The highest BCUT2D eigenvalue weighted by Gasteiger charge is 2.30. The number of para-hydroxylation sites is 1. The largest absolute Gasteiger partial charge is 0.478 e. The second-order valence-corrected chi connectivity index (χ2v) is 7.48. The minimum atomic E-state index is -1.08. The van der Waals surface area contributed by atoms with Gasteiger partial charge in [-0.2, -0.15) is 0 Å². The van der Waals surface area contributed by atoms with Gasteiger partial charge in [0.25, 0.3) is 5.91 Å². The number of aryl methyl sites for hydroxylation is 1. The molecule has 130 valence electrons. The molecule has 1 aromatic heterocycles. The summed E-state index contributed by atoms with van der Waals surface area (Å²) in [6.45, 7) is 3.38. The van der Waals surface area contributed by atoms with Gasteiger partial charge in [0, 0.05) is 12.1 Å². The molecule has 0 saturated carbocycles. The predicted octanol–water partition coefficient (Wildman–Crippen LogP) is 3.68. The van der Waals surface area contributed by atoms with Crippen LogP contribution in [0.4, 0.5) is 0 Å². The van der Waals surface area contributed by atoms with Crippen molar-refractivity contribution in [3.05, 3.63) is 58.4 Å². The summed E-state index contributed by atoms with van der Waals surface area (Å²) in [5, 5.41) is 4.86. The van der Waals surface area contributed by atoms with Crippen molar-refractivity contribution in [3.8, 4) is 5.75 Å². The van der Waals surface area contributed by atoms with Gasteiger partial charge in [0.05, 0.1) is 10.2 Å². The molecular weight excluding hydrogens is 358 g/mol. The van der Waals surface area contributed by atoms with Crippen LogP contribution in [0.15, 0.2) is 53.6 Å². The Morgan fingerprint density at radius 3 is 2.56 bits per heavy atom. The third-order valence-electron chi connectivity index (χ3n) is 3.70. The highest BCUT2D eigenvalue weighted by Crippen LogP contribution is 2.21. The first-order valence-corrected chi connectivity index (χ1v) is 8.89. The summed E-state index contributed by atoms with van der Waals surface area (Å²) in [6.07, 6.45) is 0. The van der Waals surface area contributed by atoms with Crippen LogP contribution in [0.3, 0.4) is 0 Å². The van der Waals surface area contributed by atoms with Crippen molar-refractivity contribution in [2.75, 3.05) is 0 Å². The minimum Gasteiger partial charge on any atom is -0.478 e. The maximum absolute atomic E-state index is 12.5. The number of nitrogens with zero attached hydrogens (tertiary/aromatic N) is 2. The number of thiazole rings is 1. The molecule has 0 saturated heterocycles. The van der Waals surface area contributed by atoms with E-state index in [1.54, 1.807) is 38.1 Å². The van der Waals surface area contributed by atoms with Crippen molar-refractivity contribution in [2.45, 2.75) is 19.4 Å². The quantitative estimate of drug-likeness (QED) is 0.707. The van der Waals surface area contributed by atoms with Gasteiger partial charge in [-0.1, -0.05) is 35.1 Å². The van der Waals surface area contributed by atoms with Crippen LogP contribution in [0.5, 0.6) is 5.75 Å². The molecule has 7 heteroatoms. The first-order valence-electron chi connectivity index (χ1n) is 7.70. The molecule has 25 heavy (non-hydrogen) atoms. The third-order valence-corrected chi connectivity index (χ3v) is 5.07. The summed E-state index contributed by atoms with van der Waals surface area (Å²) < 4.78 is 8.81. The number of rotatable bonds is 4. The molecule has 5 nitrogen and oxygen atoms in total. The first-order chi connectivity index (χ1) is 11.9. The Bertz CT molecular complexity index is 974. The zero-order valence-electron chi connectivity index (χ0n) is 14.1. The Kier molecular flexibility index (Phi) is 4.83. The van der Waals surface area contributed by atoms with Crippen molar-refractivity contribution in [3.63, 3.8) is 0 Å². The molecule has 0 spiro atoms. The molecule has 0 unspecified atom stereocenters. The van der Waals surface area contributed by atoms with E-state index in [4.69, 9.17) is 16.3 Å². The monoisotopic (exact) mass is 375 g/mol. The van der Waals surface area contributed by atoms with Crippen LogP contribution in [-0.4, -0.2) is 16.1 Å². The maximum atomic E-state index is 12.5. The van der Waals surface area contributed by atoms with Gasteiger partial charge in [0.1, 0.15) is 5.75 Å². The number of benzene rings is 2. The zero-order valence-corrected chi connectivity index (χ0v) is 15.7. The number of ether oxygens (including phenoxy) is 1. The van der Waals surface area contributed by atoms with E-state index < -0.39 is 5.60 Å². The maximum Gasteiger partial charge on any atom is 0.283 e. The lowest BCUT2D eigenvalue weighted by Gasteiger charge is -2.24. The molecule has 1 amide bonds. The summed E-state index contributed by atoms with van der Waals surface area (Å²) in [5.41, 5.74) is 2.59. The summed E-state index contributed by atoms with van der Waals surface area (Å²) in [5.74, 6) is 0.233. The fourth-order valence-electron chi connectivity index (χ4n) is 2.27. The summed E-state index contributed by atoms with van der Waals surface area (Å²) in [7, 11) is 1.92. The van der Waals surface area contributed by atoms with Crippen LogP contribution in [-0.2, 0) is 11.8 Å². The first kappa shape index (κ1) is 17.5. The lowest BCUT2D eigenvalue weighted by atomic mass is 10.1. The van der Waals surface area contributed by atoms with Gasteiger partial charge in [-0.15, -0.1) is 5.10 Å². The number of amides is 1. The molecule has 0 bridgehead atoms. The molecule has 0 radical (unpaired) electrons. The number of hydrogen-bond donors (Lipinski definition) is 1. The van der Waals surface area contributed by atoms with E-state index in [1.807, 2.05) is 35.9 Å². The number of hydrogen-bond acceptors (Lipinski definition) is 4. The fourth-order valence-corrected chi connectivity index (χ4v) is 3.37. The smallest absolute Gasteiger partial charge is 0.283 e. The Morgan fingerprint density at radius 2 is 1.88 bits per heavy atom. The van der Waals surface area contributed by atoms with Crippen LogP contribution >= 0.6 is 22.9 Å². The van der Waals surface area contributed by atoms with Gasteiger partial charge >= 0.3 is 0 Å². The normalized spacial score (nSPS) is 12.4. The van der Waals surface area contributed by atoms with Crippen molar-refractivity contribution in [1.82, 2.24) is 9.99 Å². The van der Waals surface area contributed by atoms with E-state index >= 15 is 0 Å². The van der Waals surface area contributed by atoms with Crippen LogP contribution in [0.1, 0.15) is 13.8 Å².